The van der Waals surface area contributed by atoms with Crippen molar-refractivity contribution in [2.75, 3.05) is 19.6 Å². The SMILES string of the molecule is CC1(C)CCCNC1C(=O)N1CCC2(CCCCC2)CC1. The van der Waals surface area contributed by atoms with Crippen molar-refractivity contribution >= 4 is 5.91 Å². The molecule has 21 heavy (non-hydrogen) atoms. The molecular formula is C18H32N2O. The van der Waals surface area contributed by atoms with Crippen LogP contribution in [0.25, 0.3) is 0 Å². The van der Waals surface area contributed by atoms with Crippen molar-refractivity contribution in [1.29, 1.82) is 0 Å². The van der Waals surface area contributed by atoms with E-state index in [2.05, 4.69) is 24.1 Å². The molecule has 2 heterocycles. The number of amides is 1. The number of likely N-dealkylation sites (tertiary alicyclic amines) is 1. The largest absolute Gasteiger partial charge is 0.341 e. The molecule has 2 saturated heterocycles. The van der Waals surface area contributed by atoms with E-state index in [1.54, 1.807) is 0 Å². The fraction of sp³-hybridized carbons (Fsp3) is 0.944. The van der Waals surface area contributed by atoms with Crippen molar-refractivity contribution in [1.82, 2.24) is 10.2 Å². The van der Waals surface area contributed by atoms with E-state index in [1.165, 1.54) is 51.4 Å². The summed E-state index contributed by atoms with van der Waals surface area (Å²) in [6.45, 7) is 7.47. The van der Waals surface area contributed by atoms with Gasteiger partial charge >= 0.3 is 0 Å². The highest BCUT2D eigenvalue weighted by atomic mass is 16.2. The molecule has 1 atom stereocenters. The third-order valence-corrected chi connectivity index (χ3v) is 6.42. The van der Waals surface area contributed by atoms with E-state index in [-0.39, 0.29) is 11.5 Å². The normalized spacial score (nSPS) is 32.1. The predicted molar refractivity (Wildman–Crippen MR) is 86.1 cm³/mol. The van der Waals surface area contributed by atoms with Gasteiger partial charge in [-0.3, -0.25) is 4.79 Å². The highest BCUT2D eigenvalue weighted by Crippen LogP contribution is 2.44. The van der Waals surface area contributed by atoms with Gasteiger partial charge in [0.1, 0.15) is 0 Å². The van der Waals surface area contributed by atoms with Crippen LogP contribution in [0, 0.1) is 10.8 Å². The van der Waals surface area contributed by atoms with Crippen LogP contribution in [-0.4, -0.2) is 36.5 Å². The van der Waals surface area contributed by atoms with Gasteiger partial charge in [0.25, 0.3) is 0 Å². The maximum atomic E-state index is 12.9. The minimum atomic E-state index is 0.0339. The summed E-state index contributed by atoms with van der Waals surface area (Å²) in [6.07, 6.45) is 11.9. The van der Waals surface area contributed by atoms with Gasteiger partial charge in [-0.15, -0.1) is 0 Å². The third-order valence-electron chi connectivity index (χ3n) is 6.42. The summed E-state index contributed by atoms with van der Waals surface area (Å²) in [5.41, 5.74) is 0.694. The molecule has 1 aliphatic carbocycles. The molecule has 0 bridgehead atoms. The average Bonchev–Trinajstić information content (AvgIpc) is 2.48. The number of nitrogens with one attached hydrogen (secondary N) is 1. The molecule has 3 nitrogen and oxygen atoms in total. The Hall–Kier alpha value is -0.570. The van der Waals surface area contributed by atoms with Crippen LogP contribution in [0.4, 0.5) is 0 Å². The molecule has 1 unspecified atom stereocenters. The predicted octanol–water partition coefficient (Wildman–Crippen LogP) is 3.34. The van der Waals surface area contributed by atoms with E-state index in [0.717, 1.165) is 26.1 Å². The Labute approximate surface area is 129 Å². The van der Waals surface area contributed by atoms with Crippen LogP contribution in [0.15, 0.2) is 0 Å². The maximum absolute atomic E-state index is 12.9. The lowest BCUT2D eigenvalue weighted by molar-refractivity contribution is -0.140. The molecule has 3 rings (SSSR count). The zero-order valence-electron chi connectivity index (χ0n) is 13.9. The standard InChI is InChI=1S/C18H32N2O/c1-17(2)7-6-12-19-15(17)16(21)20-13-10-18(11-14-20)8-4-3-5-9-18/h15,19H,3-14H2,1-2H3. The zero-order chi connectivity index (χ0) is 14.9. The number of carbonyl (C=O) groups is 1. The molecule has 0 aromatic heterocycles. The third kappa shape index (κ3) is 3.13. The van der Waals surface area contributed by atoms with Crippen LogP contribution in [0.3, 0.4) is 0 Å². The topological polar surface area (TPSA) is 32.3 Å². The first kappa shape index (κ1) is 15.3. The van der Waals surface area contributed by atoms with Crippen molar-refractivity contribution < 1.29 is 4.79 Å². The molecule has 1 saturated carbocycles. The summed E-state index contributed by atoms with van der Waals surface area (Å²) >= 11 is 0. The molecule has 2 aliphatic heterocycles. The lowest BCUT2D eigenvalue weighted by Crippen LogP contribution is -2.58. The second-order valence-electron chi connectivity index (χ2n) is 8.37. The second-order valence-corrected chi connectivity index (χ2v) is 8.37. The van der Waals surface area contributed by atoms with Gasteiger partial charge in [0.2, 0.25) is 5.91 Å². The van der Waals surface area contributed by atoms with Crippen molar-refractivity contribution in [3.63, 3.8) is 0 Å². The van der Waals surface area contributed by atoms with Crippen molar-refractivity contribution in [2.45, 2.75) is 77.7 Å². The minimum Gasteiger partial charge on any atom is -0.341 e. The van der Waals surface area contributed by atoms with Gasteiger partial charge < -0.3 is 10.2 Å². The van der Waals surface area contributed by atoms with E-state index >= 15 is 0 Å². The lowest BCUT2D eigenvalue weighted by atomic mass is 9.68. The fourth-order valence-corrected chi connectivity index (χ4v) is 4.82. The molecule has 120 valence electrons. The van der Waals surface area contributed by atoms with Crippen molar-refractivity contribution in [3.8, 4) is 0 Å². The van der Waals surface area contributed by atoms with E-state index in [4.69, 9.17) is 0 Å². The highest BCUT2D eigenvalue weighted by Gasteiger charge is 2.42. The molecule has 3 fully saturated rings. The van der Waals surface area contributed by atoms with E-state index in [0.29, 0.717) is 11.3 Å². The van der Waals surface area contributed by atoms with E-state index < -0.39 is 0 Å². The molecule has 1 amide bonds. The van der Waals surface area contributed by atoms with Gasteiger partial charge in [-0.1, -0.05) is 33.1 Å². The Morgan fingerprint density at radius 2 is 1.62 bits per heavy atom. The molecule has 0 radical (unpaired) electrons. The Morgan fingerprint density at radius 1 is 0.952 bits per heavy atom. The Bertz CT molecular complexity index is 375. The Kier molecular flexibility index (Phi) is 4.31. The van der Waals surface area contributed by atoms with Crippen LogP contribution >= 0.6 is 0 Å². The summed E-state index contributed by atoms with van der Waals surface area (Å²) in [6, 6.07) is 0.0339. The minimum absolute atomic E-state index is 0.0339. The molecule has 3 heteroatoms. The number of piperidine rings is 2. The summed E-state index contributed by atoms with van der Waals surface area (Å²) in [7, 11) is 0. The monoisotopic (exact) mass is 292 g/mol. The first-order valence-electron chi connectivity index (χ1n) is 9.05. The molecule has 0 aromatic rings. The lowest BCUT2D eigenvalue weighted by Gasteiger charge is -2.47. The van der Waals surface area contributed by atoms with Crippen LogP contribution in [0.1, 0.15) is 71.6 Å². The van der Waals surface area contributed by atoms with Gasteiger partial charge in [0.05, 0.1) is 6.04 Å². The zero-order valence-corrected chi connectivity index (χ0v) is 13.9. The number of nitrogens with zero attached hydrogens (tertiary/aromatic N) is 1. The number of hydrogen-bond acceptors (Lipinski definition) is 2. The Morgan fingerprint density at radius 3 is 2.24 bits per heavy atom. The number of hydrogen-bond donors (Lipinski definition) is 1. The summed E-state index contributed by atoms with van der Waals surface area (Å²) < 4.78 is 0. The summed E-state index contributed by atoms with van der Waals surface area (Å²) in [5, 5.41) is 3.49. The van der Waals surface area contributed by atoms with E-state index in [9.17, 15) is 4.79 Å². The van der Waals surface area contributed by atoms with Crippen LogP contribution < -0.4 is 5.32 Å². The van der Waals surface area contributed by atoms with Crippen LogP contribution in [0.2, 0.25) is 0 Å². The summed E-state index contributed by atoms with van der Waals surface area (Å²) in [5.74, 6) is 0.366. The molecule has 1 N–H and O–H groups in total. The first-order chi connectivity index (χ1) is 10.0. The fourth-order valence-electron chi connectivity index (χ4n) is 4.82. The van der Waals surface area contributed by atoms with E-state index in [1.807, 2.05) is 0 Å². The molecule has 0 aromatic carbocycles. The summed E-state index contributed by atoms with van der Waals surface area (Å²) in [4.78, 5) is 15.1. The van der Waals surface area contributed by atoms with Crippen molar-refractivity contribution in [3.05, 3.63) is 0 Å². The van der Waals surface area contributed by atoms with Crippen molar-refractivity contribution in [2.24, 2.45) is 10.8 Å². The Balaban J connectivity index is 1.59. The average molecular weight is 292 g/mol. The van der Waals surface area contributed by atoms with Gasteiger partial charge in [-0.25, -0.2) is 0 Å². The van der Waals surface area contributed by atoms with Gasteiger partial charge in [-0.2, -0.15) is 0 Å². The second kappa shape index (κ2) is 5.91. The molecule has 1 spiro atoms. The smallest absolute Gasteiger partial charge is 0.240 e. The maximum Gasteiger partial charge on any atom is 0.240 e. The molecular weight excluding hydrogens is 260 g/mol. The number of rotatable bonds is 1. The quantitative estimate of drug-likeness (QED) is 0.804. The number of carbonyl (C=O) groups excluding carboxylic acids is 1. The van der Waals surface area contributed by atoms with Gasteiger partial charge in [0.15, 0.2) is 0 Å². The van der Waals surface area contributed by atoms with Crippen LogP contribution in [-0.2, 0) is 4.79 Å². The molecule has 3 aliphatic rings. The highest BCUT2D eigenvalue weighted by molar-refractivity contribution is 5.83. The van der Waals surface area contributed by atoms with Crippen LogP contribution in [0.5, 0.6) is 0 Å². The first-order valence-corrected chi connectivity index (χ1v) is 9.05. The van der Waals surface area contributed by atoms with Gasteiger partial charge in [0, 0.05) is 13.1 Å². The van der Waals surface area contributed by atoms with Gasteiger partial charge in [-0.05, 0) is 55.9 Å².